The highest BCUT2D eigenvalue weighted by atomic mass is 19.1. The predicted octanol–water partition coefficient (Wildman–Crippen LogP) is -0.246. The van der Waals surface area contributed by atoms with Gasteiger partial charge in [0.15, 0.2) is 0 Å². The smallest absolute Gasteiger partial charge is 0.340 e. The summed E-state index contributed by atoms with van der Waals surface area (Å²) in [4.78, 5) is 33.8. The summed E-state index contributed by atoms with van der Waals surface area (Å²) in [6.45, 7) is 0. The normalized spacial score (nSPS) is 11.6. The molecule has 0 aliphatic rings. The lowest BCUT2D eigenvalue weighted by molar-refractivity contribution is -0.123. The van der Waals surface area contributed by atoms with Crippen molar-refractivity contribution in [2.45, 2.75) is 12.5 Å². The van der Waals surface area contributed by atoms with Crippen molar-refractivity contribution in [2.75, 3.05) is 12.4 Å². The van der Waals surface area contributed by atoms with Gasteiger partial charge in [0.1, 0.15) is 5.82 Å². The van der Waals surface area contributed by atoms with Crippen LogP contribution in [0.4, 0.5) is 10.1 Å². The number of rotatable bonds is 5. The van der Waals surface area contributed by atoms with E-state index >= 15 is 0 Å². The van der Waals surface area contributed by atoms with Crippen LogP contribution in [-0.4, -0.2) is 30.9 Å². The molecule has 0 aliphatic carbocycles. The van der Waals surface area contributed by atoms with Crippen LogP contribution in [0.5, 0.6) is 0 Å². The topological polar surface area (TPSA) is 125 Å². The monoisotopic (exact) mass is 283 g/mol. The quantitative estimate of drug-likeness (QED) is 0.643. The molecular formula is C12H14FN3O4. The summed E-state index contributed by atoms with van der Waals surface area (Å²) >= 11 is 0. The molecule has 0 aliphatic heterocycles. The van der Waals surface area contributed by atoms with Crippen molar-refractivity contribution < 1.29 is 23.5 Å². The lowest BCUT2D eigenvalue weighted by atomic mass is 10.1. The van der Waals surface area contributed by atoms with Crippen LogP contribution in [0.15, 0.2) is 18.2 Å². The first-order valence-corrected chi connectivity index (χ1v) is 5.57. The van der Waals surface area contributed by atoms with Gasteiger partial charge in [-0.2, -0.15) is 0 Å². The fourth-order valence-electron chi connectivity index (χ4n) is 1.44. The Bertz CT molecular complexity index is 548. The molecule has 1 aromatic rings. The molecule has 0 bridgehead atoms. The number of anilines is 1. The van der Waals surface area contributed by atoms with Gasteiger partial charge >= 0.3 is 5.97 Å². The first-order valence-electron chi connectivity index (χ1n) is 5.57. The average molecular weight is 283 g/mol. The first-order chi connectivity index (χ1) is 9.35. The molecule has 0 aromatic heterocycles. The van der Waals surface area contributed by atoms with E-state index in [2.05, 4.69) is 10.1 Å². The van der Waals surface area contributed by atoms with Crippen molar-refractivity contribution in [1.29, 1.82) is 0 Å². The third kappa shape index (κ3) is 4.02. The van der Waals surface area contributed by atoms with Gasteiger partial charge in [-0.15, -0.1) is 0 Å². The Balaban J connectivity index is 2.94. The summed E-state index contributed by atoms with van der Waals surface area (Å²) < 4.78 is 17.6. The number of halogens is 1. The lowest BCUT2D eigenvalue weighted by Crippen LogP contribution is -2.39. The molecule has 1 unspecified atom stereocenters. The third-order valence-corrected chi connectivity index (χ3v) is 2.40. The average Bonchev–Trinajstić information content (AvgIpc) is 2.38. The van der Waals surface area contributed by atoms with Gasteiger partial charge in [0, 0.05) is 0 Å². The Morgan fingerprint density at radius 1 is 1.40 bits per heavy atom. The highest BCUT2D eigenvalue weighted by molar-refractivity contribution is 6.03. The number of primary amides is 1. The molecule has 8 heteroatoms. The molecule has 1 atom stereocenters. The van der Waals surface area contributed by atoms with Gasteiger partial charge in [-0.1, -0.05) is 0 Å². The van der Waals surface area contributed by atoms with Gasteiger partial charge in [-0.25, -0.2) is 9.18 Å². The number of nitrogens with two attached hydrogens (primary N) is 2. The highest BCUT2D eigenvalue weighted by Crippen LogP contribution is 2.18. The fourth-order valence-corrected chi connectivity index (χ4v) is 1.44. The van der Waals surface area contributed by atoms with E-state index in [0.29, 0.717) is 0 Å². The van der Waals surface area contributed by atoms with Crippen LogP contribution < -0.4 is 16.8 Å². The SMILES string of the molecule is COC(=O)c1cc(F)ccc1NC(=O)C(N)CC(N)=O. The maximum atomic E-state index is 13.1. The minimum atomic E-state index is -1.16. The van der Waals surface area contributed by atoms with Crippen molar-refractivity contribution >= 4 is 23.5 Å². The van der Waals surface area contributed by atoms with Crippen LogP contribution in [-0.2, 0) is 14.3 Å². The number of ether oxygens (including phenoxy) is 1. The second-order valence-corrected chi connectivity index (χ2v) is 3.95. The molecule has 0 saturated heterocycles. The molecule has 0 heterocycles. The number of amides is 2. The predicted molar refractivity (Wildman–Crippen MR) is 68.2 cm³/mol. The fraction of sp³-hybridized carbons (Fsp3) is 0.250. The zero-order valence-electron chi connectivity index (χ0n) is 10.7. The van der Waals surface area contributed by atoms with Gasteiger partial charge in [0.2, 0.25) is 11.8 Å². The van der Waals surface area contributed by atoms with Crippen molar-refractivity contribution in [3.8, 4) is 0 Å². The van der Waals surface area contributed by atoms with Gasteiger partial charge in [0.05, 0.1) is 30.8 Å². The van der Waals surface area contributed by atoms with E-state index in [1.54, 1.807) is 0 Å². The van der Waals surface area contributed by atoms with Crippen molar-refractivity contribution in [1.82, 2.24) is 0 Å². The molecular weight excluding hydrogens is 269 g/mol. The summed E-state index contributed by atoms with van der Waals surface area (Å²) in [6, 6.07) is 2.00. The van der Waals surface area contributed by atoms with Crippen LogP contribution in [0.1, 0.15) is 16.8 Å². The summed E-state index contributed by atoms with van der Waals surface area (Å²) in [5, 5.41) is 2.32. The number of carbonyl (C=O) groups excluding carboxylic acids is 3. The Morgan fingerprint density at radius 3 is 2.60 bits per heavy atom. The summed E-state index contributed by atoms with van der Waals surface area (Å²) in [5.41, 5.74) is 10.2. The second kappa shape index (κ2) is 6.62. The number of hydrogen-bond acceptors (Lipinski definition) is 5. The Kier molecular flexibility index (Phi) is 5.15. The van der Waals surface area contributed by atoms with Crippen molar-refractivity contribution in [3.63, 3.8) is 0 Å². The van der Waals surface area contributed by atoms with Gasteiger partial charge in [-0.3, -0.25) is 9.59 Å². The Morgan fingerprint density at radius 2 is 2.05 bits per heavy atom. The van der Waals surface area contributed by atoms with E-state index in [-0.39, 0.29) is 17.7 Å². The number of esters is 1. The van der Waals surface area contributed by atoms with Gasteiger partial charge in [-0.05, 0) is 18.2 Å². The van der Waals surface area contributed by atoms with E-state index in [0.717, 1.165) is 19.2 Å². The minimum absolute atomic E-state index is 0.0307. The van der Waals surface area contributed by atoms with Crippen LogP contribution >= 0.6 is 0 Å². The summed E-state index contributed by atoms with van der Waals surface area (Å²) in [5.74, 6) is -2.94. The summed E-state index contributed by atoms with van der Waals surface area (Å²) in [7, 11) is 1.12. The van der Waals surface area contributed by atoms with E-state index in [9.17, 15) is 18.8 Å². The number of nitrogens with one attached hydrogen (secondary N) is 1. The van der Waals surface area contributed by atoms with Gasteiger partial charge < -0.3 is 21.5 Å². The zero-order valence-corrected chi connectivity index (χ0v) is 10.7. The number of carbonyl (C=O) groups is 3. The Hall–Kier alpha value is -2.48. The lowest BCUT2D eigenvalue weighted by Gasteiger charge is -2.13. The molecule has 1 rings (SSSR count). The third-order valence-electron chi connectivity index (χ3n) is 2.40. The molecule has 5 N–H and O–H groups in total. The first kappa shape index (κ1) is 15.6. The minimum Gasteiger partial charge on any atom is -0.465 e. The molecule has 2 amide bonds. The van der Waals surface area contributed by atoms with Crippen LogP contribution in [0.2, 0.25) is 0 Å². The molecule has 0 radical (unpaired) electrons. The van der Waals surface area contributed by atoms with Crippen molar-refractivity contribution in [3.05, 3.63) is 29.6 Å². The molecule has 20 heavy (non-hydrogen) atoms. The van der Waals surface area contributed by atoms with E-state index in [1.807, 2.05) is 0 Å². The highest BCUT2D eigenvalue weighted by Gasteiger charge is 2.20. The van der Waals surface area contributed by atoms with Gasteiger partial charge in [0.25, 0.3) is 0 Å². The standard InChI is InChI=1S/C12H14FN3O4/c1-20-12(19)7-4-6(13)2-3-9(7)16-11(18)8(14)5-10(15)17/h2-4,8H,5,14H2,1H3,(H2,15,17)(H,16,18). The van der Waals surface area contributed by atoms with Crippen LogP contribution in [0.3, 0.4) is 0 Å². The molecule has 0 spiro atoms. The molecule has 1 aromatic carbocycles. The van der Waals surface area contributed by atoms with Crippen LogP contribution in [0, 0.1) is 5.82 Å². The second-order valence-electron chi connectivity index (χ2n) is 3.95. The van der Waals surface area contributed by atoms with E-state index in [1.165, 1.54) is 6.07 Å². The number of methoxy groups -OCH3 is 1. The molecule has 108 valence electrons. The molecule has 0 fully saturated rings. The number of hydrogen-bond donors (Lipinski definition) is 3. The maximum absolute atomic E-state index is 13.1. The summed E-state index contributed by atoms with van der Waals surface area (Å²) in [6.07, 6.45) is -0.347. The zero-order chi connectivity index (χ0) is 15.3. The Labute approximate surface area is 114 Å². The number of benzene rings is 1. The van der Waals surface area contributed by atoms with E-state index < -0.39 is 29.6 Å². The van der Waals surface area contributed by atoms with Crippen LogP contribution in [0.25, 0.3) is 0 Å². The maximum Gasteiger partial charge on any atom is 0.340 e. The largest absolute Gasteiger partial charge is 0.465 e. The van der Waals surface area contributed by atoms with E-state index in [4.69, 9.17) is 11.5 Å². The molecule has 0 saturated carbocycles. The molecule has 7 nitrogen and oxygen atoms in total. The van der Waals surface area contributed by atoms with Crippen molar-refractivity contribution in [2.24, 2.45) is 11.5 Å².